The fraction of sp³-hybridized carbons (Fsp3) is 0.867. The van der Waals surface area contributed by atoms with Gasteiger partial charge in [-0.05, 0) is 48.3 Å². The summed E-state index contributed by atoms with van der Waals surface area (Å²) in [6, 6.07) is 0. The molecule has 0 aromatic heterocycles. The number of hydrogen-bond acceptors (Lipinski definition) is 1. The van der Waals surface area contributed by atoms with Crippen LogP contribution in [0.1, 0.15) is 53.4 Å². The molecule has 0 spiro atoms. The van der Waals surface area contributed by atoms with Crippen LogP contribution in [0.2, 0.25) is 0 Å². The van der Waals surface area contributed by atoms with Gasteiger partial charge in [0, 0.05) is 0 Å². The molecule has 1 heteroatoms. The van der Waals surface area contributed by atoms with Crippen molar-refractivity contribution in [3.05, 3.63) is 12.7 Å². The second kappa shape index (κ2) is 3.35. The first-order valence-electron chi connectivity index (χ1n) is 6.66. The number of fused-ring (bicyclic) bond motifs is 1. The van der Waals surface area contributed by atoms with E-state index in [2.05, 4.69) is 34.3 Å². The summed E-state index contributed by atoms with van der Waals surface area (Å²) in [5.41, 5.74) is 0.0353. The van der Waals surface area contributed by atoms with Crippen LogP contribution in [-0.4, -0.2) is 10.7 Å². The molecule has 0 heterocycles. The van der Waals surface area contributed by atoms with Gasteiger partial charge in [0.2, 0.25) is 0 Å². The summed E-state index contributed by atoms with van der Waals surface area (Å²) in [5, 5.41) is 10.6. The van der Waals surface area contributed by atoms with E-state index in [0.29, 0.717) is 11.3 Å². The fourth-order valence-electron chi connectivity index (χ4n) is 4.43. The lowest BCUT2D eigenvalue weighted by atomic mass is 9.49. The summed E-state index contributed by atoms with van der Waals surface area (Å²) in [7, 11) is 0. The van der Waals surface area contributed by atoms with Crippen LogP contribution >= 0.6 is 0 Å². The molecule has 16 heavy (non-hydrogen) atoms. The van der Waals surface area contributed by atoms with Crippen LogP contribution in [-0.2, 0) is 0 Å². The molecule has 1 unspecified atom stereocenters. The first-order chi connectivity index (χ1) is 7.30. The van der Waals surface area contributed by atoms with Crippen LogP contribution < -0.4 is 0 Å². The molecule has 1 N–H and O–H groups in total. The van der Waals surface area contributed by atoms with Crippen molar-refractivity contribution in [1.82, 2.24) is 0 Å². The maximum Gasteiger partial charge on any atom is 0.0856 e. The molecule has 2 aliphatic rings. The highest BCUT2D eigenvalue weighted by Gasteiger charge is 2.61. The molecule has 0 aliphatic heterocycles. The van der Waals surface area contributed by atoms with Gasteiger partial charge in [-0.15, -0.1) is 6.58 Å². The zero-order valence-electron chi connectivity index (χ0n) is 11.2. The summed E-state index contributed by atoms with van der Waals surface area (Å²) in [6.45, 7) is 13.3. The molecule has 2 fully saturated rings. The number of hydrogen-bond donors (Lipinski definition) is 1. The summed E-state index contributed by atoms with van der Waals surface area (Å²) < 4.78 is 0. The quantitative estimate of drug-likeness (QED) is 0.669. The second-order valence-corrected chi connectivity index (χ2v) is 6.69. The van der Waals surface area contributed by atoms with Crippen LogP contribution in [0.3, 0.4) is 0 Å². The lowest BCUT2D eigenvalue weighted by molar-refractivity contribution is -0.130. The van der Waals surface area contributed by atoms with E-state index in [1.54, 1.807) is 6.08 Å². The first kappa shape index (κ1) is 12.2. The monoisotopic (exact) mass is 222 g/mol. The average Bonchev–Trinajstić information content (AvgIpc) is 2.51. The highest BCUT2D eigenvalue weighted by Crippen LogP contribution is 2.67. The Kier molecular flexibility index (Phi) is 2.55. The average molecular weight is 222 g/mol. The normalized spacial score (nSPS) is 57.1. The second-order valence-electron chi connectivity index (χ2n) is 6.69. The topological polar surface area (TPSA) is 20.2 Å². The third kappa shape index (κ3) is 1.21. The Hall–Kier alpha value is -0.300. The summed E-state index contributed by atoms with van der Waals surface area (Å²) in [5.74, 6) is 1.11. The van der Waals surface area contributed by atoms with Crippen LogP contribution in [0.25, 0.3) is 0 Å². The minimum atomic E-state index is -0.641. The standard InChI is InChI=1S/C15H26O/c1-6-15(16)10-9-13(4)11(2)7-8-14(13,5)12(15)3/h6,11-12,16H,1,7-10H2,2-5H3/t11-,12+,13+,14+,15?/m1/s1. The lowest BCUT2D eigenvalue weighted by Crippen LogP contribution is -2.55. The zero-order chi connectivity index (χ0) is 12.2. The van der Waals surface area contributed by atoms with Gasteiger partial charge in [0.1, 0.15) is 0 Å². The van der Waals surface area contributed by atoms with Crippen molar-refractivity contribution in [2.24, 2.45) is 22.7 Å². The van der Waals surface area contributed by atoms with Crippen molar-refractivity contribution in [2.75, 3.05) is 0 Å². The molecular weight excluding hydrogens is 196 g/mol. The third-order valence-corrected chi connectivity index (χ3v) is 6.59. The molecule has 0 amide bonds. The molecule has 2 aliphatic carbocycles. The van der Waals surface area contributed by atoms with Gasteiger partial charge >= 0.3 is 0 Å². The minimum Gasteiger partial charge on any atom is -0.386 e. The van der Waals surface area contributed by atoms with Crippen molar-refractivity contribution < 1.29 is 5.11 Å². The SMILES string of the molecule is C=CC1(O)CC[C@@]2(C)[C@H](C)CC[C@@]2(C)[C@@H]1C. The van der Waals surface area contributed by atoms with Gasteiger partial charge in [0.05, 0.1) is 5.60 Å². The van der Waals surface area contributed by atoms with E-state index in [4.69, 9.17) is 0 Å². The van der Waals surface area contributed by atoms with E-state index < -0.39 is 5.60 Å². The molecule has 5 atom stereocenters. The van der Waals surface area contributed by atoms with Crippen molar-refractivity contribution in [3.63, 3.8) is 0 Å². The number of rotatable bonds is 1. The van der Waals surface area contributed by atoms with Gasteiger partial charge in [-0.2, -0.15) is 0 Å². The zero-order valence-corrected chi connectivity index (χ0v) is 11.2. The van der Waals surface area contributed by atoms with Crippen molar-refractivity contribution in [2.45, 2.75) is 59.0 Å². The van der Waals surface area contributed by atoms with Gasteiger partial charge in [0.15, 0.2) is 0 Å². The van der Waals surface area contributed by atoms with E-state index in [0.717, 1.165) is 18.8 Å². The Balaban J connectivity index is 2.42. The van der Waals surface area contributed by atoms with Crippen LogP contribution in [0, 0.1) is 22.7 Å². The van der Waals surface area contributed by atoms with Crippen LogP contribution in [0.15, 0.2) is 12.7 Å². The van der Waals surface area contributed by atoms with Gasteiger partial charge in [0.25, 0.3) is 0 Å². The van der Waals surface area contributed by atoms with E-state index in [1.807, 2.05) is 0 Å². The minimum absolute atomic E-state index is 0.271. The highest BCUT2D eigenvalue weighted by molar-refractivity contribution is 5.16. The molecule has 2 saturated carbocycles. The molecule has 0 bridgehead atoms. The highest BCUT2D eigenvalue weighted by atomic mass is 16.3. The van der Waals surface area contributed by atoms with E-state index in [1.165, 1.54) is 12.8 Å². The van der Waals surface area contributed by atoms with Crippen molar-refractivity contribution in [3.8, 4) is 0 Å². The van der Waals surface area contributed by atoms with E-state index in [-0.39, 0.29) is 5.41 Å². The maximum absolute atomic E-state index is 10.6. The summed E-state index contributed by atoms with van der Waals surface area (Å²) in [4.78, 5) is 0. The maximum atomic E-state index is 10.6. The Bertz CT molecular complexity index is 311. The predicted molar refractivity (Wildman–Crippen MR) is 68.2 cm³/mol. The molecule has 92 valence electrons. The Morgan fingerprint density at radius 3 is 2.31 bits per heavy atom. The summed E-state index contributed by atoms with van der Waals surface area (Å²) in [6.07, 6.45) is 6.36. The Morgan fingerprint density at radius 2 is 1.75 bits per heavy atom. The van der Waals surface area contributed by atoms with Gasteiger partial charge in [-0.25, -0.2) is 0 Å². The van der Waals surface area contributed by atoms with Gasteiger partial charge < -0.3 is 5.11 Å². The molecule has 1 nitrogen and oxygen atoms in total. The van der Waals surface area contributed by atoms with Gasteiger partial charge in [-0.1, -0.05) is 33.8 Å². The largest absolute Gasteiger partial charge is 0.386 e. The number of aliphatic hydroxyl groups is 1. The molecule has 0 aromatic rings. The molecule has 0 radical (unpaired) electrons. The Morgan fingerprint density at radius 1 is 1.12 bits per heavy atom. The van der Waals surface area contributed by atoms with Crippen molar-refractivity contribution in [1.29, 1.82) is 0 Å². The van der Waals surface area contributed by atoms with Crippen LogP contribution in [0.5, 0.6) is 0 Å². The smallest absolute Gasteiger partial charge is 0.0856 e. The molecule has 2 rings (SSSR count). The van der Waals surface area contributed by atoms with E-state index in [9.17, 15) is 5.11 Å². The third-order valence-electron chi connectivity index (χ3n) is 6.59. The summed E-state index contributed by atoms with van der Waals surface area (Å²) >= 11 is 0. The van der Waals surface area contributed by atoms with Crippen molar-refractivity contribution >= 4 is 0 Å². The van der Waals surface area contributed by atoms with Crippen LogP contribution in [0.4, 0.5) is 0 Å². The molecule has 0 aromatic carbocycles. The van der Waals surface area contributed by atoms with Gasteiger partial charge in [-0.3, -0.25) is 0 Å². The van der Waals surface area contributed by atoms with E-state index >= 15 is 0 Å². The first-order valence-corrected chi connectivity index (χ1v) is 6.66. The predicted octanol–water partition coefficient (Wildman–Crippen LogP) is 3.78. The Labute approximate surface area is 99.9 Å². The molecular formula is C15H26O. The molecule has 0 saturated heterocycles. The lowest BCUT2D eigenvalue weighted by Gasteiger charge is -2.57. The fourth-order valence-corrected chi connectivity index (χ4v) is 4.43.